The van der Waals surface area contributed by atoms with Crippen molar-refractivity contribution in [2.24, 2.45) is 0 Å². The van der Waals surface area contributed by atoms with Gasteiger partial charge in [0, 0.05) is 24.3 Å². The van der Waals surface area contributed by atoms with Crippen molar-refractivity contribution in [2.45, 2.75) is 0 Å². The number of ether oxygens (including phenoxy) is 2. The predicted molar refractivity (Wildman–Crippen MR) is 115 cm³/mol. The molecule has 0 atom stereocenters. The van der Waals surface area contributed by atoms with Crippen LogP contribution in [0.5, 0.6) is 0 Å². The molecule has 0 unspecified atom stereocenters. The summed E-state index contributed by atoms with van der Waals surface area (Å²) in [6, 6.07) is 21.0. The molecular formula is C24H19N3O4. The molecule has 7 nitrogen and oxygen atoms in total. The first-order valence-corrected chi connectivity index (χ1v) is 9.61. The maximum absolute atomic E-state index is 12.3. The topological polar surface area (TPSA) is 90.3 Å². The number of carbonyl (C=O) groups excluding carboxylic acids is 1. The minimum absolute atomic E-state index is 0.0636. The van der Waals surface area contributed by atoms with Gasteiger partial charge in [0.05, 0.1) is 12.3 Å². The summed E-state index contributed by atoms with van der Waals surface area (Å²) in [5, 5.41) is 15.1. The minimum atomic E-state index is -0.720. The standard InChI is InChI=1S/C24H19N3O4/c1-29-11-12-30-24(28)18(15-25)13-19-16-27(20-8-3-2-4-9-20)26-23(19)22-14-17-7-5-6-10-21(17)31-22/h2-10,13-14,16H,11-12H2,1H3/b18-13+. The van der Waals surface area contributed by atoms with E-state index in [0.717, 1.165) is 16.7 Å². The number of nitriles is 1. The van der Waals surface area contributed by atoms with Crippen LogP contribution in [-0.4, -0.2) is 36.1 Å². The molecule has 7 heteroatoms. The number of furan rings is 1. The number of hydrogen-bond acceptors (Lipinski definition) is 6. The van der Waals surface area contributed by atoms with Crippen LogP contribution < -0.4 is 0 Å². The van der Waals surface area contributed by atoms with Gasteiger partial charge >= 0.3 is 5.97 Å². The van der Waals surface area contributed by atoms with Gasteiger partial charge in [-0.05, 0) is 30.3 Å². The van der Waals surface area contributed by atoms with Crippen molar-refractivity contribution >= 4 is 23.0 Å². The number of methoxy groups -OCH3 is 1. The Kier molecular flexibility index (Phi) is 5.92. The van der Waals surface area contributed by atoms with Gasteiger partial charge in [-0.1, -0.05) is 36.4 Å². The Bertz CT molecular complexity index is 1250. The predicted octanol–water partition coefficient (Wildman–Crippen LogP) is 4.38. The molecule has 0 bridgehead atoms. The number of hydrogen-bond donors (Lipinski definition) is 0. The monoisotopic (exact) mass is 413 g/mol. The number of rotatable bonds is 7. The normalized spacial score (nSPS) is 11.4. The molecule has 31 heavy (non-hydrogen) atoms. The van der Waals surface area contributed by atoms with Crippen LogP contribution in [0.25, 0.3) is 34.2 Å². The largest absolute Gasteiger partial charge is 0.459 e. The molecule has 0 aliphatic carbocycles. The minimum Gasteiger partial charge on any atom is -0.459 e. The molecule has 2 aromatic heterocycles. The van der Waals surface area contributed by atoms with Gasteiger partial charge in [0.2, 0.25) is 0 Å². The summed E-state index contributed by atoms with van der Waals surface area (Å²) in [6.45, 7) is 0.314. The van der Waals surface area contributed by atoms with Crippen LogP contribution in [0, 0.1) is 11.3 Å². The van der Waals surface area contributed by atoms with E-state index in [1.54, 1.807) is 10.9 Å². The fourth-order valence-electron chi connectivity index (χ4n) is 3.08. The molecule has 0 spiro atoms. The molecule has 154 valence electrons. The van der Waals surface area contributed by atoms with Crippen LogP contribution in [0.2, 0.25) is 0 Å². The highest BCUT2D eigenvalue weighted by Crippen LogP contribution is 2.31. The second-order valence-corrected chi connectivity index (χ2v) is 6.66. The van der Waals surface area contributed by atoms with Crippen molar-refractivity contribution in [3.63, 3.8) is 0 Å². The fraction of sp³-hybridized carbons (Fsp3) is 0.125. The summed E-state index contributed by atoms with van der Waals surface area (Å²) in [5.74, 6) is -0.185. The zero-order valence-corrected chi connectivity index (χ0v) is 16.8. The number of esters is 1. The average molecular weight is 413 g/mol. The summed E-state index contributed by atoms with van der Waals surface area (Å²) in [4.78, 5) is 12.3. The smallest absolute Gasteiger partial charge is 0.348 e. The van der Waals surface area contributed by atoms with E-state index in [4.69, 9.17) is 13.9 Å². The van der Waals surface area contributed by atoms with E-state index in [1.165, 1.54) is 13.2 Å². The SMILES string of the molecule is COCCOC(=O)/C(C#N)=C/c1cn(-c2ccccc2)nc1-c1cc2ccccc2o1. The molecular weight excluding hydrogens is 394 g/mol. The maximum atomic E-state index is 12.3. The number of carbonyl (C=O) groups is 1. The van der Waals surface area contributed by atoms with Crippen molar-refractivity contribution in [1.29, 1.82) is 5.26 Å². The lowest BCUT2D eigenvalue weighted by Gasteiger charge is -2.02. The van der Waals surface area contributed by atoms with Crippen LogP contribution in [0.3, 0.4) is 0 Å². The maximum Gasteiger partial charge on any atom is 0.348 e. The lowest BCUT2D eigenvalue weighted by Crippen LogP contribution is -2.11. The molecule has 2 heterocycles. The molecule has 4 rings (SSSR count). The number of aromatic nitrogens is 2. The van der Waals surface area contributed by atoms with E-state index in [1.807, 2.05) is 66.7 Å². The van der Waals surface area contributed by atoms with Crippen LogP contribution in [0.1, 0.15) is 5.56 Å². The van der Waals surface area contributed by atoms with Crippen molar-refractivity contribution in [3.8, 4) is 23.2 Å². The molecule has 0 saturated heterocycles. The third-order valence-corrected chi connectivity index (χ3v) is 4.58. The Morgan fingerprint density at radius 2 is 1.94 bits per heavy atom. The third-order valence-electron chi connectivity index (χ3n) is 4.58. The second-order valence-electron chi connectivity index (χ2n) is 6.66. The number of nitrogens with zero attached hydrogens (tertiary/aromatic N) is 3. The van der Waals surface area contributed by atoms with E-state index < -0.39 is 5.97 Å². The van der Waals surface area contributed by atoms with E-state index in [9.17, 15) is 10.1 Å². The Balaban J connectivity index is 1.79. The van der Waals surface area contributed by atoms with Crippen molar-refractivity contribution in [2.75, 3.05) is 20.3 Å². The molecule has 0 aliphatic rings. The lowest BCUT2D eigenvalue weighted by atomic mass is 10.1. The molecule has 2 aromatic carbocycles. The molecule has 0 N–H and O–H groups in total. The lowest BCUT2D eigenvalue weighted by molar-refractivity contribution is -0.139. The summed E-state index contributed by atoms with van der Waals surface area (Å²) in [6.07, 6.45) is 3.21. The number of para-hydroxylation sites is 2. The van der Waals surface area contributed by atoms with Crippen molar-refractivity contribution in [1.82, 2.24) is 9.78 Å². The number of fused-ring (bicyclic) bond motifs is 1. The first-order valence-electron chi connectivity index (χ1n) is 9.61. The van der Waals surface area contributed by atoms with Crippen LogP contribution in [-0.2, 0) is 14.3 Å². The summed E-state index contributed by atoms with van der Waals surface area (Å²) >= 11 is 0. The zero-order valence-electron chi connectivity index (χ0n) is 16.8. The van der Waals surface area contributed by atoms with Gasteiger partial charge in [0.25, 0.3) is 0 Å². The highest BCUT2D eigenvalue weighted by Gasteiger charge is 2.18. The van der Waals surface area contributed by atoms with Crippen LogP contribution >= 0.6 is 0 Å². The van der Waals surface area contributed by atoms with Gasteiger partial charge in [-0.15, -0.1) is 0 Å². The van der Waals surface area contributed by atoms with Gasteiger partial charge < -0.3 is 13.9 Å². The van der Waals surface area contributed by atoms with Gasteiger partial charge in [-0.2, -0.15) is 10.4 Å². The van der Waals surface area contributed by atoms with Crippen LogP contribution in [0.15, 0.2) is 76.9 Å². The van der Waals surface area contributed by atoms with Gasteiger partial charge in [0.15, 0.2) is 5.76 Å². The molecule has 0 aliphatic heterocycles. The highest BCUT2D eigenvalue weighted by molar-refractivity contribution is 5.99. The van der Waals surface area contributed by atoms with Crippen molar-refractivity contribution in [3.05, 3.63) is 78.0 Å². The summed E-state index contributed by atoms with van der Waals surface area (Å²) in [5.41, 5.74) is 2.49. The quantitative estimate of drug-likeness (QED) is 0.193. The van der Waals surface area contributed by atoms with Crippen LogP contribution in [0.4, 0.5) is 0 Å². The fourth-order valence-corrected chi connectivity index (χ4v) is 3.08. The van der Waals surface area contributed by atoms with Gasteiger partial charge in [0.1, 0.15) is 29.5 Å². The van der Waals surface area contributed by atoms with E-state index in [-0.39, 0.29) is 18.8 Å². The van der Waals surface area contributed by atoms with E-state index in [2.05, 4.69) is 5.10 Å². The zero-order chi connectivity index (χ0) is 21.6. The molecule has 0 radical (unpaired) electrons. The Labute approximate surface area is 178 Å². The summed E-state index contributed by atoms with van der Waals surface area (Å²) in [7, 11) is 1.51. The average Bonchev–Trinajstić information content (AvgIpc) is 3.42. The van der Waals surface area contributed by atoms with E-state index in [0.29, 0.717) is 17.0 Å². The Hall–Kier alpha value is -4.15. The third kappa shape index (κ3) is 4.39. The van der Waals surface area contributed by atoms with Gasteiger partial charge in [-0.25, -0.2) is 9.48 Å². The highest BCUT2D eigenvalue weighted by atomic mass is 16.6. The first-order chi connectivity index (χ1) is 15.2. The first kappa shape index (κ1) is 20.1. The van der Waals surface area contributed by atoms with Crippen molar-refractivity contribution < 1.29 is 18.7 Å². The second kappa shape index (κ2) is 9.11. The number of benzene rings is 2. The molecule has 0 fully saturated rings. The molecule has 0 saturated carbocycles. The van der Waals surface area contributed by atoms with Gasteiger partial charge in [-0.3, -0.25) is 0 Å². The Morgan fingerprint density at radius 1 is 1.16 bits per heavy atom. The summed E-state index contributed by atoms with van der Waals surface area (Å²) < 4.78 is 17.6. The molecule has 0 amide bonds. The van der Waals surface area contributed by atoms with E-state index >= 15 is 0 Å². The molecule has 4 aromatic rings. The Morgan fingerprint density at radius 3 is 2.68 bits per heavy atom.